The molecule has 0 aliphatic rings. The van der Waals surface area contributed by atoms with Crippen LogP contribution in [0.2, 0.25) is 0 Å². The Labute approximate surface area is 144 Å². The molecule has 1 heterocycles. The molecule has 0 bridgehead atoms. The molecule has 0 saturated heterocycles. The van der Waals surface area contributed by atoms with E-state index in [0.717, 1.165) is 9.99 Å². The largest absolute Gasteiger partial charge is 0.305 e. The van der Waals surface area contributed by atoms with Crippen LogP contribution in [0.4, 0.5) is 4.39 Å². The van der Waals surface area contributed by atoms with Crippen molar-refractivity contribution in [2.45, 2.75) is 6.54 Å². The van der Waals surface area contributed by atoms with E-state index in [2.05, 4.69) is 26.8 Å². The van der Waals surface area contributed by atoms with Gasteiger partial charge in [-0.25, -0.2) is 4.39 Å². The molecule has 0 fully saturated rings. The summed E-state index contributed by atoms with van der Waals surface area (Å²) in [6, 6.07) is 11.3. The van der Waals surface area contributed by atoms with E-state index in [1.807, 2.05) is 0 Å². The zero-order valence-corrected chi connectivity index (χ0v) is 14.2. The van der Waals surface area contributed by atoms with Gasteiger partial charge in [-0.15, -0.1) is 6.42 Å². The highest BCUT2D eigenvalue weighted by Crippen LogP contribution is 2.19. The summed E-state index contributed by atoms with van der Waals surface area (Å²) in [4.78, 5) is 16.9. The van der Waals surface area contributed by atoms with Crippen LogP contribution in [0.1, 0.15) is 10.4 Å². The van der Waals surface area contributed by atoms with Gasteiger partial charge in [-0.2, -0.15) is 4.99 Å². The van der Waals surface area contributed by atoms with Gasteiger partial charge in [0.25, 0.3) is 5.91 Å². The fourth-order valence-corrected chi connectivity index (χ4v) is 3.44. The molecule has 6 heteroatoms. The fourth-order valence-electron chi connectivity index (χ4n) is 2.12. The van der Waals surface area contributed by atoms with Crippen molar-refractivity contribution in [3.63, 3.8) is 0 Å². The molecule has 0 radical (unpaired) electrons. The zero-order chi connectivity index (χ0) is 16.4. The summed E-state index contributed by atoms with van der Waals surface area (Å²) in [5, 5.41) is 0. The van der Waals surface area contributed by atoms with Crippen LogP contribution in [0.5, 0.6) is 0 Å². The summed E-state index contributed by atoms with van der Waals surface area (Å²) in [6.07, 6.45) is 5.40. The molecule has 3 rings (SSSR count). The van der Waals surface area contributed by atoms with E-state index in [-0.39, 0.29) is 18.3 Å². The van der Waals surface area contributed by atoms with E-state index in [1.54, 1.807) is 34.9 Å². The maximum Gasteiger partial charge on any atom is 0.279 e. The van der Waals surface area contributed by atoms with Gasteiger partial charge in [-0.3, -0.25) is 4.79 Å². The van der Waals surface area contributed by atoms with Crippen LogP contribution in [0.15, 0.2) is 51.9 Å². The van der Waals surface area contributed by atoms with Gasteiger partial charge in [0, 0.05) is 10.0 Å². The van der Waals surface area contributed by atoms with Gasteiger partial charge in [-0.1, -0.05) is 33.2 Å². The van der Waals surface area contributed by atoms with Crippen molar-refractivity contribution in [1.82, 2.24) is 4.57 Å². The highest BCUT2D eigenvalue weighted by molar-refractivity contribution is 9.10. The van der Waals surface area contributed by atoms with Crippen molar-refractivity contribution in [2.75, 3.05) is 0 Å². The van der Waals surface area contributed by atoms with Gasteiger partial charge in [0.1, 0.15) is 5.82 Å². The number of carbonyl (C=O) groups is 1. The number of nitrogens with zero attached hydrogens (tertiary/aromatic N) is 2. The molecule has 3 aromatic rings. The average Bonchev–Trinajstić information content (AvgIpc) is 2.85. The minimum absolute atomic E-state index is 0.262. The molecule has 0 aliphatic heterocycles. The lowest BCUT2D eigenvalue weighted by Gasteiger charge is -1.99. The summed E-state index contributed by atoms with van der Waals surface area (Å²) < 4.78 is 16.7. The minimum Gasteiger partial charge on any atom is -0.305 e. The first-order valence-corrected chi connectivity index (χ1v) is 8.26. The third kappa shape index (κ3) is 3.26. The predicted molar refractivity (Wildman–Crippen MR) is 92.6 cm³/mol. The second kappa shape index (κ2) is 6.49. The topological polar surface area (TPSA) is 34.4 Å². The fraction of sp³-hybridized carbons (Fsp3) is 0.0588. The van der Waals surface area contributed by atoms with E-state index in [1.165, 1.54) is 23.5 Å². The number of hydrogen-bond acceptors (Lipinski definition) is 2. The highest BCUT2D eigenvalue weighted by Gasteiger charge is 2.09. The Morgan fingerprint density at radius 3 is 2.74 bits per heavy atom. The van der Waals surface area contributed by atoms with Crippen LogP contribution in [0.3, 0.4) is 0 Å². The lowest BCUT2D eigenvalue weighted by atomic mass is 10.2. The number of carbonyl (C=O) groups excluding carboxylic acids is 1. The normalized spacial score (nSPS) is 11.6. The van der Waals surface area contributed by atoms with E-state index in [9.17, 15) is 9.18 Å². The highest BCUT2D eigenvalue weighted by atomic mass is 79.9. The van der Waals surface area contributed by atoms with Gasteiger partial charge in [0.2, 0.25) is 0 Å². The van der Waals surface area contributed by atoms with Crippen LogP contribution in [0, 0.1) is 18.2 Å². The molecule has 0 unspecified atom stereocenters. The van der Waals surface area contributed by atoms with Crippen molar-refractivity contribution >= 4 is 43.4 Å². The third-order valence-corrected chi connectivity index (χ3v) is 4.75. The smallest absolute Gasteiger partial charge is 0.279 e. The summed E-state index contributed by atoms with van der Waals surface area (Å²) in [7, 11) is 0. The van der Waals surface area contributed by atoms with Gasteiger partial charge in [0.15, 0.2) is 4.80 Å². The van der Waals surface area contributed by atoms with Crippen LogP contribution in [0.25, 0.3) is 10.2 Å². The molecular formula is C17H10BrFN2OS. The summed E-state index contributed by atoms with van der Waals surface area (Å²) in [5.74, 6) is 1.83. The van der Waals surface area contributed by atoms with Gasteiger partial charge in [-0.05, 0) is 42.5 Å². The Kier molecular flexibility index (Phi) is 4.42. The van der Waals surface area contributed by atoms with Crippen LogP contribution >= 0.6 is 27.3 Å². The number of amides is 1. The first-order chi connectivity index (χ1) is 11.1. The molecule has 0 saturated carbocycles. The third-order valence-electron chi connectivity index (χ3n) is 3.18. The number of thiazole rings is 1. The van der Waals surface area contributed by atoms with Crippen LogP contribution in [-0.2, 0) is 6.54 Å². The van der Waals surface area contributed by atoms with Crippen molar-refractivity contribution in [2.24, 2.45) is 4.99 Å². The molecule has 0 N–H and O–H groups in total. The number of fused-ring (bicyclic) bond motifs is 1. The lowest BCUT2D eigenvalue weighted by Crippen LogP contribution is -2.16. The predicted octanol–water partition coefficient (Wildman–Crippen LogP) is 3.98. The second-order valence-corrected chi connectivity index (χ2v) is 6.64. The molecule has 0 aliphatic carbocycles. The number of hydrogen-bond donors (Lipinski definition) is 0. The van der Waals surface area contributed by atoms with Gasteiger partial charge in [0.05, 0.1) is 16.8 Å². The molecule has 2 aromatic carbocycles. The zero-order valence-electron chi connectivity index (χ0n) is 11.8. The summed E-state index contributed by atoms with van der Waals surface area (Å²) in [6.45, 7) is 0.262. The molecule has 3 nitrogen and oxygen atoms in total. The van der Waals surface area contributed by atoms with E-state index in [4.69, 9.17) is 6.42 Å². The van der Waals surface area contributed by atoms with Crippen molar-refractivity contribution in [3.8, 4) is 12.3 Å². The SMILES string of the molecule is C#CCn1c(=NC(=O)c2ccc(Br)cc2)sc2cc(F)ccc21. The quantitative estimate of drug-likeness (QED) is 0.611. The van der Waals surface area contributed by atoms with Crippen LogP contribution < -0.4 is 4.80 Å². The molecule has 114 valence electrons. The van der Waals surface area contributed by atoms with Crippen LogP contribution in [-0.4, -0.2) is 10.5 Å². The average molecular weight is 389 g/mol. The summed E-state index contributed by atoms with van der Waals surface area (Å²) >= 11 is 4.56. The van der Waals surface area contributed by atoms with Gasteiger partial charge < -0.3 is 4.57 Å². The first kappa shape index (κ1) is 15.7. The molecule has 23 heavy (non-hydrogen) atoms. The molecule has 1 amide bonds. The Morgan fingerprint density at radius 1 is 1.30 bits per heavy atom. The van der Waals surface area contributed by atoms with E-state index >= 15 is 0 Å². The Hall–Kier alpha value is -2.23. The lowest BCUT2D eigenvalue weighted by molar-refractivity contribution is 0.0998. The van der Waals surface area contributed by atoms with Crippen molar-refractivity contribution in [1.29, 1.82) is 0 Å². The number of rotatable bonds is 2. The maximum atomic E-state index is 13.4. The van der Waals surface area contributed by atoms with Crippen molar-refractivity contribution in [3.05, 3.63) is 63.1 Å². The molecule has 1 aromatic heterocycles. The number of terminal acetylenes is 1. The number of benzene rings is 2. The summed E-state index contributed by atoms with van der Waals surface area (Å²) in [5.41, 5.74) is 1.24. The van der Waals surface area contributed by atoms with Crippen molar-refractivity contribution < 1.29 is 9.18 Å². The van der Waals surface area contributed by atoms with E-state index < -0.39 is 0 Å². The Balaban J connectivity index is 2.14. The molecule has 0 spiro atoms. The molecule has 0 atom stereocenters. The Morgan fingerprint density at radius 2 is 2.04 bits per heavy atom. The number of halogens is 2. The standard InChI is InChI=1S/C17H10BrFN2OS/c1-2-9-21-14-8-7-13(19)10-15(14)23-17(21)20-16(22)11-3-5-12(18)6-4-11/h1,3-8,10H,9H2. The van der Waals surface area contributed by atoms with E-state index in [0.29, 0.717) is 15.1 Å². The maximum absolute atomic E-state index is 13.4. The van der Waals surface area contributed by atoms with Gasteiger partial charge >= 0.3 is 0 Å². The second-order valence-electron chi connectivity index (χ2n) is 4.71. The Bertz CT molecular complexity index is 996. The first-order valence-electron chi connectivity index (χ1n) is 6.65. The monoisotopic (exact) mass is 388 g/mol. The minimum atomic E-state index is -0.365. The molecular weight excluding hydrogens is 379 g/mol. The number of aromatic nitrogens is 1.